The van der Waals surface area contributed by atoms with E-state index in [1.54, 1.807) is 0 Å². The Balaban J connectivity index is 1.90. The van der Waals surface area contributed by atoms with Crippen molar-refractivity contribution in [1.29, 1.82) is 0 Å². The van der Waals surface area contributed by atoms with Crippen molar-refractivity contribution in [1.82, 2.24) is 5.32 Å². The van der Waals surface area contributed by atoms with Crippen LogP contribution < -0.4 is 5.32 Å². The van der Waals surface area contributed by atoms with Crippen LogP contribution >= 0.6 is 11.3 Å². The Hall–Kier alpha value is -0.870. The quantitative estimate of drug-likeness (QED) is 0.822. The van der Waals surface area contributed by atoms with E-state index in [-0.39, 0.29) is 5.91 Å². The van der Waals surface area contributed by atoms with Crippen molar-refractivity contribution >= 4 is 17.2 Å². The second-order valence-electron chi connectivity index (χ2n) is 4.23. The summed E-state index contributed by atoms with van der Waals surface area (Å²) in [5.74, 6) is -0.0749. The summed E-state index contributed by atoms with van der Waals surface area (Å²) in [6, 6.07) is 0. The summed E-state index contributed by atoms with van der Waals surface area (Å²) in [6.07, 6.45) is 2.66. The van der Waals surface area contributed by atoms with Crippen molar-refractivity contribution in [3.05, 3.63) is 21.9 Å². The number of nitrogens with one attached hydrogen (secondary N) is 1. The average molecular weight is 225 g/mol. The molecule has 0 atom stereocenters. The van der Waals surface area contributed by atoms with E-state index in [0.29, 0.717) is 6.54 Å². The largest absolute Gasteiger partial charge is 0.388 e. The fourth-order valence-electron chi connectivity index (χ4n) is 1.69. The van der Waals surface area contributed by atoms with Crippen molar-refractivity contribution in [2.75, 3.05) is 6.54 Å². The zero-order valence-electron chi connectivity index (χ0n) is 8.75. The highest BCUT2D eigenvalue weighted by Crippen LogP contribution is 2.30. The normalized spacial score (nSPS) is 18.3. The van der Waals surface area contributed by atoms with Gasteiger partial charge in [-0.1, -0.05) is 0 Å². The van der Waals surface area contributed by atoms with Crippen LogP contribution in [0.3, 0.4) is 0 Å². The van der Waals surface area contributed by atoms with Gasteiger partial charge in [0.25, 0.3) is 5.91 Å². The van der Waals surface area contributed by atoms with Crippen LogP contribution in [0.2, 0.25) is 0 Å². The van der Waals surface area contributed by atoms with Gasteiger partial charge in [-0.15, -0.1) is 0 Å². The molecule has 0 aliphatic heterocycles. The molecule has 1 aliphatic rings. The van der Waals surface area contributed by atoms with Gasteiger partial charge in [0.1, 0.15) is 0 Å². The third kappa shape index (κ3) is 2.21. The van der Waals surface area contributed by atoms with Gasteiger partial charge in [0.05, 0.1) is 11.2 Å². The highest BCUT2D eigenvalue weighted by atomic mass is 32.1. The highest BCUT2D eigenvalue weighted by molar-refractivity contribution is 7.08. The Morgan fingerprint density at radius 2 is 2.33 bits per heavy atom. The number of hydrogen-bond acceptors (Lipinski definition) is 3. The topological polar surface area (TPSA) is 49.3 Å². The van der Waals surface area contributed by atoms with E-state index in [9.17, 15) is 9.90 Å². The van der Waals surface area contributed by atoms with Crippen LogP contribution in [0.1, 0.15) is 35.2 Å². The van der Waals surface area contributed by atoms with Crippen molar-refractivity contribution in [3.8, 4) is 0 Å². The lowest BCUT2D eigenvalue weighted by atomic mass is 9.80. The van der Waals surface area contributed by atoms with Crippen LogP contribution in [0.4, 0.5) is 0 Å². The monoisotopic (exact) mass is 225 g/mol. The van der Waals surface area contributed by atoms with Gasteiger partial charge >= 0.3 is 0 Å². The molecule has 0 spiro atoms. The molecule has 3 nitrogen and oxygen atoms in total. The van der Waals surface area contributed by atoms with Gasteiger partial charge < -0.3 is 10.4 Å². The number of aryl methyl sites for hydroxylation is 1. The molecule has 0 bridgehead atoms. The molecule has 1 fully saturated rings. The summed E-state index contributed by atoms with van der Waals surface area (Å²) < 4.78 is 0. The Morgan fingerprint density at radius 3 is 2.80 bits per heavy atom. The minimum absolute atomic E-state index is 0.0749. The summed E-state index contributed by atoms with van der Waals surface area (Å²) in [6.45, 7) is 2.30. The first-order chi connectivity index (χ1) is 7.11. The zero-order chi connectivity index (χ0) is 10.9. The first-order valence-electron chi connectivity index (χ1n) is 5.14. The Labute approximate surface area is 93.1 Å². The fraction of sp³-hybridized carbons (Fsp3) is 0.545. The molecule has 0 unspecified atom stereocenters. The number of rotatable bonds is 3. The molecule has 1 amide bonds. The molecule has 0 radical (unpaired) electrons. The number of aliphatic hydroxyl groups is 1. The summed E-state index contributed by atoms with van der Waals surface area (Å²) in [7, 11) is 0. The summed E-state index contributed by atoms with van der Waals surface area (Å²) in [5.41, 5.74) is 1.08. The third-order valence-electron chi connectivity index (χ3n) is 2.96. The molecule has 0 saturated heterocycles. The maximum Gasteiger partial charge on any atom is 0.252 e. The predicted molar refractivity (Wildman–Crippen MR) is 60.2 cm³/mol. The molecule has 1 aliphatic carbocycles. The van der Waals surface area contributed by atoms with E-state index in [1.807, 2.05) is 17.7 Å². The standard InChI is InChI=1S/C11H15NO2S/c1-8-5-15-6-9(8)10(13)12-7-11(14)3-2-4-11/h5-6,14H,2-4,7H2,1H3,(H,12,13). The fourth-order valence-corrected chi connectivity index (χ4v) is 2.52. The second kappa shape index (κ2) is 3.94. The maximum absolute atomic E-state index is 11.7. The van der Waals surface area contributed by atoms with Crippen LogP contribution in [-0.2, 0) is 0 Å². The van der Waals surface area contributed by atoms with Gasteiger partial charge in [0.2, 0.25) is 0 Å². The van der Waals surface area contributed by atoms with E-state index in [1.165, 1.54) is 11.3 Å². The van der Waals surface area contributed by atoms with Crippen LogP contribution in [0, 0.1) is 6.92 Å². The van der Waals surface area contributed by atoms with Crippen LogP contribution in [0.25, 0.3) is 0 Å². The molecule has 1 saturated carbocycles. The summed E-state index contributed by atoms with van der Waals surface area (Å²) in [4.78, 5) is 11.7. The number of amides is 1. The van der Waals surface area contributed by atoms with Gasteiger partial charge in [-0.05, 0) is 37.1 Å². The maximum atomic E-state index is 11.7. The summed E-state index contributed by atoms with van der Waals surface area (Å²) >= 11 is 1.52. The molecular weight excluding hydrogens is 210 g/mol. The van der Waals surface area contributed by atoms with E-state index in [0.717, 1.165) is 30.4 Å². The number of carbonyl (C=O) groups is 1. The van der Waals surface area contributed by atoms with Crippen LogP contribution in [0.5, 0.6) is 0 Å². The molecule has 82 valence electrons. The van der Waals surface area contributed by atoms with E-state index in [4.69, 9.17) is 0 Å². The van der Waals surface area contributed by atoms with Gasteiger partial charge in [-0.2, -0.15) is 11.3 Å². The van der Waals surface area contributed by atoms with Crippen LogP contribution in [-0.4, -0.2) is 23.2 Å². The minimum atomic E-state index is -0.639. The lowest BCUT2D eigenvalue weighted by Gasteiger charge is -2.36. The highest BCUT2D eigenvalue weighted by Gasteiger charge is 2.34. The molecule has 0 aromatic carbocycles. The average Bonchev–Trinajstić information content (AvgIpc) is 2.58. The predicted octanol–water partition coefficient (Wildman–Crippen LogP) is 1.70. The van der Waals surface area contributed by atoms with Gasteiger partial charge in [-0.3, -0.25) is 4.79 Å². The Morgan fingerprint density at radius 1 is 1.60 bits per heavy atom. The lowest BCUT2D eigenvalue weighted by Crippen LogP contribution is -2.47. The van der Waals surface area contributed by atoms with Crippen LogP contribution in [0.15, 0.2) is 10.8 Å². The Kier molecular flexibility index (Phi) is 2.80. The van der Waals surface area contributed by atoms with Gasteiger partial charge in [-0.25, -0.2) is 0 Å². The first-order valence-corrected chi connectivity index (χ1v) is 6.08. The molecule has 15 heavy (non-hydrogen) atoms. The van der Waals surface area contributed by atoms with Crippen molar-refractivity contribution < 1.29 is 9.90 Å². The first kappa shape index (κ1) is 10.6. The smallest absolute Gasteiger partial charge is 0.252 e. The minimum Gasteiger partial charge on any atom is -0.388 e. The Bertz CT molecular complexity index is 368. The number of carbonyl (C=O) groups excluding carboxylic acids is 1. The third-order valence-corrected chi connectivity index (χ3v) is 3.82. The van der Waals surface area contributed by atoms with Crippen molar-refractivity contribution in [3.63, 3.8) is 0 Å². The van der Waals surface area contributed by atoms with E-state index < -0.39 is 5.60 Å². The van der Waals surface area contributed by atoms with Gasteiger partial charge in [0, 0.05) is 11.9 Å². The second-order valence-corrected chi connectivity index (χ2v) is 4.97. The zero-order valence-corrected chi connectivity index (χ0v) is 9.56. The molecular formula is C11H15NO2S. The lowest BCUT2D eigenvalue weighted by molar-refractivity contribution is -0.0300. The number of thiophene rings is 1. The molecule has 2 N–H and O–H groups in total. The number of hydrogen-bond donors (Lipinski definition) is 2. The molecule has 1 aromatic rings. The van der Waals surface area contributed by atoms with Crippen molar-refractivity contribution in [2.45, 2.75) is 31.8 Å². The molecule has 1 heterocycles. The summed E-state index contributed by atoms with van der Waals surface area (Å²) in [5, 5.41) is 16.4. The SMILES string of the molecule is Cc1cscc1C(=O)NCC1(O)CCC1. The van der Waals surface area contributed by atoms with Crippen molar-refractivity contribution in [2.24, 2.45) is 0 Å². The molecule has 1 aromatic heterocycles. The molecule has 4 heteroatoms. The van der Waals surface area contributed by atoms with E-state index >= 15 is 0 Å². The van der Waals surface area contributed by atoms with Gasteiger partial charge in [0.15, 0.2) is 0 Å². The molecule has 2 rings (SSSR count). The van der Waals surface area contributed by atoms with E-state index in [2.05, 4.69) is 5.32 Å².